The van der Waals surface area contributed by atoms with Crippen LogP contribution in [0.4, 0.5) is 0 Å². The molecule has 1 saturated heterocycles. The van der Waals surface area contributed by atoms with Gasteiger partial charge in [0.25, 0.3) is 5.56 Å². The fraction of sp³-hybridized carbons (Fsp3) is 0.421. The Hall–Kier alpha value is -2.99. The smallest absolute Gasteiger partial charge is 0.333 e. The molecule has 1 aromatic heterocycles. The number of aromatic nitrogens is 2. The van der Waals surface area contributed by atoms with Crippen molar-refractivity contribution in [1.29, 1.82) is 0 Å². The highest BCUT2D eigenvalue weighted by Gasteiger charge is 2.43. The van der Waals surface area contributed by atoms with Crippen LogP contribution in [0.1, 0.15) is 16.6 Å². The minimum Gasteiger partial charge on any atom is -0.497 e. The van der Waals surface area contributed by atoms with Crippen molar-refractivity contribution in [3.63, 3.8) is 0 Å². The number of ether oxygens (including phenoxy) is 3. The fourth-order valence-electron chi connectivity index (χ4n) is 3.24. The molecule has 0 bridgehead atoms. The first-order chi connectivity index (χ1) is 14.3. The van der Waals surface area contributed by atoms with Gasteiger partial charge in [-0.15, -0.1) is 0 Å². The summed E-state index contributed by atoms with van der Waals surface area (Å²) in [5.41, 5.74) is -1.54. The Morgan fingerprint density at radius 1 is 1.13 bits per heavy atom. The zero-order valence-electron chi connectivity index (χ0n) is 16.3. The summed E-state index contributed by atoms with van der Waals surface area (Å²) in [4.78, 5) is 37.9. The van der Waals surface area contributed by atoms with Crippen LogP contribution in [0.3, 0.4) is 0 Å². The van der Waals surface area contributed by atoms with Crippen molar-refractivity contribution in [2.24, 2.45) is 0 Å². The maximum Gasteiger partial charge on any atom is 0.333 e. The van der Waals surface area contributed by atoms with Gasteiger partial charge in [-0.25, -0.2) is 4.79 Å². The normalized spacial score (nSPS) is 23.4. The Bertz CT molecular complexity index is 1050. The predicted octanol–water partition coefficient (Wildman–Crippen LogP) is -1.48. The molecule has 0 spiro atoms. The molecular formula is C19H22N2O9. The molecule has 11 heteroatoms. The van der Waals surface area contributed by atoms with Gasteiger partial charge in [-0.1, -0.05) is 0 Å². The number of rotatable bonds is 7. The maximum absolute atomic E-state index is 12.9. The highest BCUT2D eigenvalue weighted by atomic mass is 16.6. The second-order valence-electron chi connectivity index (χ2n) is 6.65. The molecule has 2 heterocycles. The summed E-state index contributed by atoms with van der Waals surface area (Å²) < 4.78 is 17.2. The molecule has 0 saturated carbocycles. The number of carbonyl (C=O) groups excluding carboxylic acids is 1. The molecule has 1 aliphatic heterocycles. The molecule has 1 fully saturated rings. The van der Waals surface area contributed by atoms with Crippen LogP contribution in [-0.4, -0.2) is 69.4 Å². The van der Waals surface area contributed by atoms with Crippen molar-refractivity contribution in [2.45, 2.75) is 31.1 Å². The van der Waals surface area contributed by atoms with Crippen LogP contribution < -0.4 is 20.7 Å². The van der Waals surface area contributed by atoms with Gasteiger partial charge in [0.15, 0.2) is 12.0 Å². The monoisotopic (exact) mass is 422 g/mol. The van der Waals surface area contributed by atoms with Crippen LogP contribution in [0.5, 0.6) is 11.5 Å². The molecule has 0 aliphatic carbocycles. The number of carbonyl (C=O) groups is 1. The minimum atomic E-state index is -1.51. The summed E-state index contributed by atoms with van der Waals surface area (Å²) in [5, 5.41) is 29.3. The van der Waals surface area contributed by atoms with E-state index in [2.05, 4.69) is 0 Å². The lowest BCUT2D eigenvalue weighted by Gasteiger charge is -2.18. The average Bonchev–Trinajstić information content (AvgIpc) is 3.04. The van der Waals surface area contributed by atoms with E-state index in [1.54, 1.807) is 6.07 Å². The number of ketones is 1. The third kappa shape index (κ3) is 3.87. The zero-order valence-corrected chi connectivity index (χ0v) is 16.3. The van der Waals surface area contributed by atoms with E-state index in [0.717, 1.165) is 16.8 Å². The molecule has 4 atom stereocenters. The first kappa shape index (κ1) is 21.7. The number of aliphatic hydroxyl groups excluding tert-OH is 3. The van der Waals surface area contributed by atoms with Crippen LogP contribution in [0.15, 0.2) is 40.1 Å². The number of nitrogens with zero attached hydrogens (tertiary/aromatic N) is 2. The van der Waals surface area contributed by atoms with Gasteiger partial charge in [0.1, 0.15) is 29.8 Å². The lowest BCUT2D eigenvalue weighted by molar-refractivity contribution is -0.0555. The van der Waals surface area contributed by atoms with E-state index in [0.29, 0.717) is 10.3 Å². The molecular weight excluding hydrogens is 400 g/mol. The van der Waals surface area contributed by atoms with Crippen molar-refractivity contribution >= 4 is 5.78 Å². The van der Waals surface area contributed by atoms with Crippen molar-refractivity contribution in [2.75, 3.05) is 20.8 Å². The SMILES string of the molecule is COc1ccc(OC)c(C(=O)Cn2c(=O)ccn([C@@H]3O[C@H](CO)[C@@H](O)[C@H]3O)c2=O)c1. The second kappa shape index (κ2) is 8.79. The Morgan fingerprint density at radius 3 is 2.47 bits per heavy atom. The molecule has 162 valence electrons. The lowest BCUT2D eigenvalue weighted by atomic mass is 10.1. The second-order valence-corrected chi connectivity index (χ2v) is 6.65. The molecule has 0 radical (unpaired) electrons. The molecule has 1 aromatic carbocycles. The predicted molar refractivity (Wildman–Crippen MR) is 102 cm³/mol. The molecule has 30 heavy (non-hydrogen) atoms. The van der Waals surface area contributed by atoms with Gasteiger partial charge < -0.3 is 29.5 Å². The molecule has 2 aromatic rings. The summed E-state index contributed by atoms with van der Waals surface area (Å²) in [6.45, 7) is -1.17. The van der Waals surface area contributed by atoms with Crippen molar-refractivity contribution in [3.05, 3.63) is 56.9 Å². The number of aliphatic hydroxyl groups is 3. The standard InChI is InChI=1S/C19H22N2O9/c1-28-10-3-4-13(29-2)11(7-10)12(23)8-21-15(24)5-6-20(19(21)27)18-17(26)16(25)14(9-22)30-18/h3-7,14,16-18,22,25-26H,8-9H2,1-2H3/t14-,16-,17-,18-/m1/s1. The topological polar surface area (TPSA) is 149 Å². The summed E-state index contributed by atoms with van der Waals surface area (Å²) in [5.74, 6) is 0.0564. The third-order valence-corrected chi connectivity index (χ3v) is 4.90. The van der Waals surface area contributed by atoms with E-state index in [4.69, 9.17) is 14.2 Å². The summed E-state index contributed by atoms with van der Waals surface area (Å²) >= 11 is 0. The van der Waals surface area contributed by atoms with Gasteiger partial charge >= 0.3 is 5.69 Å². The molecule has 0 unspecified atom stereocenters. The lowest BCUT2D eigenvalue weighted by Crippen LogP contribution is -2.44. The van der Waals surface area contributed by atoms with E-state index in [1.807, 2.05) is 0 Å². The third-order valence-electron chi connectivity index (χ3n) is 4.90. The van der Waals surface area contributed by atoms with E-state index in [1.165, 1.54) is 26.4 Å². The van der Waals surface area contributed by atoms with Gasteiger partial charge in [0.2, 0.25) is 0 Å². The fourth-order valence-corrected chi connectivity index (χ4v) is 3.24. The van der Waals surface area contributed by atoms with Gasteiger partial charge in [0.05, 0.1) is 32.9 Å². The first-order valence-electron chi connectivity index (χ1n) is 9.02. The van der Waals surface area contributed by atoms with E-state index in [9.17, 15) is 29.7 Å². The van der Waals surface area contributed by atoms with Crippen molar-refractivity contribution < 1.29 is 34.3 Å². The number of methoxy groups -OCH3 is 2. The average molecular weight is 422 g/mol. The Balaban J connectivity index is 1.97. The molecule has 0 amide bonds. The number of benzene rings is 1. The van der Waals surface area contributed by atoms with Crippen LogP contribution in [-0.2, 0) is 11.3 Å². The van der Waals surface area contributed by atoms with Crippen molar-refractivity contribution in [1.82, 2.24) is 9.13 Å². The summed E-state index contributed by atoms with van der Waals surface area (Å²) in [6.07, 6.45) is -4.27. The quantitative estimate of drug-likeness (QED) is 0.454. The molecule has 3 rings (SSSR count). The summed E-state index contributed by atoms with van der Waals surface area (Å²) in [7, 11) is 2.80. The summed E-state index contributed by atoms with van der Waals surface area (Å²) in [6, 6.07) is 5.59. The molecule has 3 N–H and O–H groups in total. The van der Waals surface area contributed by atoms with Crippen LogP contribution in [0.25, 0.3) is 0 Å². The van der Waals surface area contributed by atoms with Gasteiger partial charge in [0, 0.05) is 12.3 Å². The van der Waals surface area contributed by atoms with Crippen LogP contribution in [0, 0.1) is 0 Å². The highest BCUT2D eigenvalue weighted by molar-refractivity contribution is 5.98. The maximum atomic E-state index is 12.9. The highest BCUT2D eigenvalue weighted by Crippen LogP contribution is 2.28. The van der Waals surface area contributed by atoms with E-state index >= 15 is 0 Å². The van der Waals surface area contributed by atoms with E-state index < -0.39 is 54.7 Å². The van der Waals surface area contributed by atoms with E-state index in [-0.39, 0.29) is 11.3 Å². The Morgan fingerprint density at radius 2 is 1.87 bits per heavy atom. The number of Topliss-reactive ketones (excluding diaryl/α,β-unsaturated/α-hetero) is 1. The molecule has 1 aliphatic rings. The first-order valence-corrected chi connectivity index (χ1v) is 9.02. The largest absolute Gasteiger partial charge is 0.497 e. The molecule has 11 nitrogen and oxygen atoms in total. The van der Waals surface area contributed by atoms with Gasteiger partial charge in [-0.3, -0.25) is 18.7 Å². The van der Waals surface area contributed by atoms with Gasteiger partial charge in [-0.05, 0) is 18.2 Å². The zero-order chi connectivity index (χ0) is 22.0. The van der Waals surface area contributed by atoms with Crippen molar-refractivity contribution in [3.8, 4) is 11.5 Å². The van der Waals surface area contributed by atoms with Gasteiger partial charge in [-0.2, -0.15) is 0 Å². The van der Waals surface area contributed by atoms with Crippen LogP contribution >= 0.6 is 0 Å². The Labute approximate surface area is 170 Å². The minimum absolute atomic E-state index is 0.117. The van der Waals surface area contributed by atoms with Crippen LogP contribution in [0.2, 0.25) is 0 Å². The Kier molecular flexibility index (Phi) is 6.37. The number of hydrogen-bond acceptors (Lipinski definition) is 9. The number of hydrogen-bond donors (Lipinski definition) is 3.